The number of piperidine rings is 1. The summed E-state index contributed by atoms with van der Waals surface area (Å²) in [4.78, 5) is 20.8. The van der Waals surface area contributed by atoms with E-state index < -0.39 is 0 Å². The second-order valence-electron chi connectivity index (χ2n) is 6.70. The zero-order chi connectivity index (χ0) is 17.6. The molecule has 2 aromatic rings. The van der Waals surface area contributed by atoms with Crippen LogP contribution < -0.4 is 11.1 Å². The summed E-state index contributed by atoms with van der Waals surface area (Å²) < 4.78 is 0. The maximum atomic E-state index is 13.4. The van der Waals surface area contributed by atoms with E-state index in [1.54, 1.807) is 0 Å². The smallest absolute Gasteiger partial charge is 0.274 e. The number of carbonyl (C=O) groups is 1. The maximum absolute atomic E-state index is 13.4. The van der Waals surface area contributed by atoms with Crippen molar-refractivity contribution in [2.75, 3.05) is 18.9 Å². The SMILES string of the molecule is CNc1nc(C(=O)N2[C@@H]3CC[C@@H](C3)[C@H]2CN)c(-c2cccc(Cl)c2)s1. The van der Waals surface area contributed by atoms with Crippen LogP contribution in [0.25, 0.3) is 10.4 Å². The van der Waals surface area contributed by atoms with E-state index >= 15 is 0 Å². The Bertz CT molecular complexity index is 808. The molecule has 1 aromatic carbocycles. The Kier molecular flexibility index (Phi) is 4.43. The van der Waals surface area contributed by atoms with Crippen LogP contribution >= 0.6 is 22.9 Å². The van der Waals surface area contributed by atoms with Gasteiger partial charge in [0, 0.05) is 30.7 Å². The number of benzene rings is 1. The van der Waals surface area contributed by atoms with E-state index in [0.29, 0.717) is 29.2 Å². The predicted molar refractivity (Wildman–Crippen MR) is 102 cm³/mol. The van der Waals surface area contributed by atoms with E-state index in [1.165, 1.54) is 17.8 Å². The van der Waals surface area contributed by atoms with Gasteiger partial charge in [0.15, 0.2) is 5.13 Å². The topological polar surface area (TPSA) is 71.2 Å². The number of anilines is 1. The molecule has 1 amide bonds. The van der Waals surface area contributed by atoms with Crippen molar-refractivity contribution in [2.24, 2.45) is 11.7 Å². The third-order valence-corrected chi connectivity index (χ3v) is 6.70. The number of rotatable bonds is 4. The Balaban J connectivity index is 1.75. The van der Waals surface area contributed by atoms with Gasteiger partial charge in [-0.15, -0.1) is 0 Å². The number of nitrogens with zero attached hydrogens (tertiary/aromatic N) is 2. The molecule has 2 heterocycles. The summed E-state index contributed by atoms with van der Waals surface area (Å²) in [5.74, 6) is 0.534. The molecule has 1 aliphatic carbocycles. The largest absolute Gasteiger partial charge is 0.365 e. The molecule has 0 unspecified atom stereocenters. The lowest BCUT2D eigenvalue weighted by Crippen LogP contribution is -2.48. The summed E-state index contributed by atoms with van der Waals surface area (Å²) in [7, 11) is 1.81. The van der Waals surface area contributed by atoms with Crippen molar-refractivity contribution in [1.82, 2.24) is 9.88 Å². The summed E-state index contributed by atoms with van der Waals surface area (Å²) in [5, 5.41) is 4.43. The van der Waals surface area contributed by atoms with Gasteiger partial charge in [-0.25, -0.2) is 4.98 Å². The van der Waals surface area contributed by atoms with Crippen LogP contribution in [0, 0.1) is 5.92 Å². The Morgan fingerprint density at radius 2 is 2.32 bits per heavy atom. The number of likely N-dealkylation sites (tertiary alicyclic amines) is 1. The number of nitrogens with one attached hydrogen (secondary N) is 1. The third-order valence-electron chi connectivity index (χ3n) is 5.35. The summed E-state index contributed by atoms with van der Waals surface area (Å²) in [6.07, 6.45) is 3.32. The third kappa shape index (κ3) is 2.82. The minimum atomic E-state index is -0.00428. The molecule has 3 atom stereocenters. The van der Waals surface area contributed by atoms with Gasteiger partial charge in [-0.2, -0.15) is 0 Å². The highest BCUT2D eigenvalue weighted by molar-refractivity contribution is 7.19. The monoisotopic (exact) mass is 376 g/mol. The van der Waals surface area contributed by atoms with Crippen LogP contribution in [0.15, 0.2) is 24.3 Å². The first kappa shape index (κ1) is 16.8. The van der Waals surface area contributed by atoms with Crippen molar-refractivity contribution in [1.29, 1.82) is 0 Å². The molecule has 2 aliphatic rings. The summed E-state index contributed by atoms with van der Waals surface area (Å²) >= 11 is 7.63. The Morgan fingerprint density at radius 3 is 3.04 bits per heavy atom. The average molecular weight is 377 g/mol. The second kappa shape index (κ2) is 6.59. The van der Waals surface area contributed by atoms with Gasteiger partial charge in [0.1, 0.15) is 5.69 Å². The predicted octanol–water partition coefficient (Wildman–Crippen LogP) is 3.46. The first-order valence-corrected chi connectivity index (χ1v) is 9.79. The lowest BCUT2D eigenvalue weighted by molar-refractivity contribution is 0.0598. The molecule has 1 saturated heterocycles. The van der Waals surface area contributed by atoms with E-state index in [-0.39, 0.29) is 11.9 Å². The van der Waals surface area contributed by atoms with Crippen LogP contribution in [-0.4, -0.2) is 41.5 Å². The fourth-order valence-corrected chi connectivity index (χ4v) is 5.33. The molecule has 4 rings (SSSR count). The number of hydrogen-bond donors (Lipinski definition) is 2. The van der Waals surface area contributed by atoms with Crippen LogP contribution in [-0.2, 0) is 0 Å². The Labute approximate surface area is 156 Å². The van der Waals surface area contributed by atoms with Gasteiger partial charge in [-0.1, -0.05) is 35.1 Å². The number of fused-ring (bicyclic) bond motifs is 2. The molecule has 3 N–H and O–H groups in total. The molecule has 1 aromatic heterocycles. The van der Waals surface area contributed by atoms with Gasteiger partial charge >= 0.3 is 0 Å². The number of nitrogens with two attached hydrogens (primary N) is 1. The van der Waals surface area contributed by atoms with E-state index in [0.717, 1.165) is 28.4 Å². The van der Waals surface area contributed by atoms with Gasteiger partial charge < -0.3 is 16.0 Å². The minimum Gasteiger partial charge on any atom is -0.365 e. The Hall–Kier alpha value is -1.63. The van der Waals surface area contributed by atoms with E-state index in [1.807, 2.05) is 36.2 Å². The van der Waals surface area contributed by atoms with Crippen LogP contribution in [0.2, 0.25) is 5.02 Å². The Morgan fingerprint density at radius 1 is 1.48 bits per heavy atom. The molecule has 1 saturated carbocycles. The van der Waals surface area contributed by atoms with E-state index in [9.17, 15) is 4.79 Å². The number of halogens is 1. The molecular weight excluding hydrogens is 356 g/mol. The van der Waals surface area contributed by atoms with Gasteiger partial charge in [0.2, 0.25) is 0 Å². The zero-order valence-corrected chi connectivity index (χ0v) is 15.6. The highest BCUT2D eigenvalue weighted by Crippen LogP contribution is 2.44. The van der Waals surface area contributed by atoms with E-state index in [2.05, 4.69) is 10.3 Å². The molecule has 0 spiro atoms. The molecule has 5 nitrogen and oxygen atoms in total. The van der Waals surface area contributed by atoms with Gasteiger partial charge in [-0.3, -0.25) is 4.79 Å². The van der Waals surface area contributed by atoms with Gasteiger partial charge in [0.05, 0.1) is 4.88 Å². The first-order valence-electron chi connectivity index (χ1n) is 8.59. The molecule has 2 bridgehead atoms. The van der Waals surface area contributed by atoms with Gasteiger partial charge in [-0.05, 0) is 42.9 Å². The van der Waals surface area contributed by atoms with Crippen molar-refractivity contribution in [2.45, 2.75) is 31.3 Å². The summed E-state index contributed by atoms with van der Waals surface area (Å²) in [6, 6.07) is 8.01. The van der Waals surface area contributed by atoms with Gasteiger partial charge in [0.25, 0.3) is 5.91 Å². The normalized spacial score (nSPS) is 24.8. The number of hydrogen-bond acceptors (Lipinski definition) is 5. The van der Waals surface area contributed by atoms with Crippen LogP contribution in [0.5, 0.6) is 0 Å². The van der Waals surface area contributed by atoms with Crippen molar-refractivity contribution < 1.29 is 4.79 Å². The van der Waals surface area contributed by atoms with E-state index in [4.69, 9.17) is 17.3 Å². The number of amides is 1. The molecule has 0 radical (unpaired) electrons. The number of thiazole rings is 1. The second-order valence-corrected chi connectivity index (χ2v) is 8.14. The standard InChI is InChI=1S/C18H21ClN4OS/c1-21-18-22-15(16(25-18)11-3-2-4-12(19)7-11)17(24)23-13-6-5-10(8-13)14(23)9-20/h2-4,7,10,13-14H,5-6,8-9,20H2,1H3,(H,21,22)/t10-,13+,14+/m0/s1. The van der Waals surface area contributed by atoms with Crippen molar-refractivity contribution >= 4 is 34.0 Å². The maximum Gasteiger partial charge on any atom is 0.274 e. The fourth-order valence-electron chi connectivity index (χ4n) is 4.23. The molecular formula is C18H21ClN4OS. The average Bonchev–Trinajstić information content (AvgIpc) is 3.34. The first-order chi connectivity index (χ1) is 12.1. The lowest BCUT2D eigenvalue weighted by Gasteiger charge is -2.34. The fraction of sp³-hybridized carbons (Fsp3) is 0.444. The lowest BCUT2D eigenvalue weighted by atomic mass is 9.98. The summed E-state index contributed by atoms with van der Waals surface area (Å²) in [6.45, 7) is 0.516. The molecule has 25 heavy (non-hydrogen) atoms. The zero-order valence-electron chi connectivity index (χ0n) is 14.0. The highest BCUT2D eigenvalue weighted by atomic mass is 35.5. The molecule has 1 aliphatic heterocycles. The van der Waals surface area contributed by atoms with Crippen molar-refractivity contribution in [3.05, 3.63) is 35.0 Å². The number of aromatic nitrogens is 1. The quantitative estimate of drug-likeness (QED) is 0.857. The highest BCUT2D eigenvalue weighted by Gasteiger charge is 2.48. The molecule has 132 valence electrons. The van der Waals surface area contributed by atoms with Crippen molar-refractivity contribution in [3.63, 3.8) is 0 Å². The molecule has 7 heteroatoms. The van der Waals surface area contributed by atoms with Crippen LogP contribution in [0.3, 0.4) is 0 Å². The minimum absolute atomic E-state index is 0.00428. The summed E-state index contributed by atoms with van der Waals surface area (Å²) in [5.41, 5.74) is 7.41. The van der Waals surface area contributed by atoms with Crippen molar-refractivity contribution in [3.8, 4) is 10.4 Å². The van der Waals surface area contributed by atoms with Crippen LogP contribution in [0.4, 0.5) is 5.13 Å². The number of carbonyl (C=O) groups excluding carboxylic acids is 1. The molecule has 2 fully saturated rings. The van der Waals surface area contributed by atoms with Crippen LogP contribution in [0.1, 0.15) is 29.8 Å².